The molecule has 3 heterocycles. The van der Waals surface area contributed by atoms with E-state index >= 15 is 0 Å². The van der Waals surface area contributed by atoms with Crippen LogP contribution in [0.5, 0.6) is 0 Å². The van der Waals surface area contributed by atoms with Gasteiger partial charge in [0.05, 0.1) is 11.4 Å². The molecule has 0 bridgehead atoms. The molecule has 0 saturated heterocycles. The molecule has 0 aliphatic heterocycles. The Bertz CT molecular complexity index is 979. The van der Waals surface area contributed by atoms with Crippen molar-refractivity contribution < 1.29 is 0 Å². The van der Waals surface area contributed by atoms with Crippen LogP contribution in [0.3, 0.4) is 0 Å². The van der Waals surface area contributed by atoms with E-state index in [-0.39, 0.29) is 0 Å². The van der Waals surface area contributed by atoms with E-state index in [9.17, 15) is 0 Å². The van der Waals surface area contributed by atoms with Crippen molar-refractivity contribution in [2.24, 2.45) is 5.73 Å². The fraction of sp³-hybridized carbons (Fsp3) is 0.105. The molecule has 0 atom stereocenters. The summed E-state index contributed by atoms with van der Waals surface area (Å²) in [5, 5.41) is 3.38. The lowest BCUT2D eigenvalue weighted by atomic mass is 10.1. The molecule has 124 valence electrons. The molecule has 1 aromatic carbocycles. The van der Waals surface area contributed by atoms with Gasteiger partial charge in [0.15, 0.2) is 11.5 Å². The van der Waals surface area contributed by atoms with E-state index in [1.54, 1.807) is 12.4 Å². The Balaban J connectivity index is 1.80. The first-order chi connectivity index (χ1) is 12.4. The van der Waals surface area contributed by atoms with E-state index in [4.69, 9.17) is 10.7 Å². The highest BCUT2D eigenvalue weighted by Gasteiger charge is 2.15. The highest BCUT2D eigenvalue weighted by Crippen LogP contribution is 2.26. The molecule has 0 aliphatic carbocycles. The summed E-state index contributed by atoms with van der Waals surface area (Å²) in [6.45, 7) is 1.01. The topological polar surface area (TPSA) is 81.1 Å². The molecule has 25 heavy (non-hydrogen) atoms. The number of nitrogens with zero attached hydrogens (tertiary/aromatic N) is 4. The lowest BCUT2D eigenvalue weighted by Crippen LogP contribution is -2.12. The minimum atomic E-state index is 0.382. The normalized spacial score (nSPS) is 10.9. The minimum absolute atomic E-state index is 0.382. The van der Waals surface area contributed by atoms with Crippen LogP contribution in [0.25, 0.3) is 16.9 Å². The molecule has 0 radical (unpaired) electrons. The number of aromatic nitrogens is 4. The molecule has 6 heteroatoms. The van der Waals surface area contributed by atoms with Crippen molar-refractivity contribution >= 4 is 11.5 Å². The highest BCUT2D eigenvalue weighted by atomic mass is 15.1. The van der Waals surface area contributed by atoms with Gasteiger partial charge in [0.25, 0.3) is 0 Å². The smallest absolute Gasteiger partial charge is 0.180 e. The number of fused-ring (bicyclic) bond motifs is 1. The molecule has 3 aromatic heterocycles. The van der Waals surface area contributed by atoms with E-state index in [0.717, 1.165) is 34.0 Å². The van der Waals surface area contributed by atoms with Crippen molar-refractivity contribution in [3.63, 3.8) is 0 Å². The summed E-state index contributed by atoms with van der Waals surface area (Å²) < 4.78 is 2.00. The molecule has 0 amide bonds. The summed E-state index contributed by atoms with van der Waals surface area (Å²) in [5.74, 6) is 0.727. The van der Waals surface area contributed by atoms with Crippen LogP contribution in [-0.2, 0) is 13.1 Å². The van der Waals surface area contributed by atoms with Gasteiger partial charge in [0.2, 0.25) is 0 Å². The van der Waals surface area contributed by atoms with Gasteiger partial charge < -0.3 is 11.1 Å². The fourth-order valence-corrected chi connectivity index (χ4v) is 2.87. The Morgan fingerprint density at radius 2 is 1.92 bits per heavy atom. The lowest BCUT2D eigenvalue weighted by Gasteiger charge is -2.14. The number of imidazole rings is 1. The largest absolute Gasteiger partial charge is 0.363 e. The Morgan fingerprint density at radius 3 is 2.68 bits per heavy atom. The maximum absolute atomic E-state index is 6.01. The zero-order chi connectivity index (χ0) is 17.1. The monoisotopic (exact) mass is 330 g/mol. The van der Waals surface area contributed by atoms with E-state index in [1.807, 2.05) is 59.3 Å². The first-order valence-corrected chi connectivity index (χ1v) is 8.11. The Labute approximate surface area is 145 Å². The average Bonchev–Trinajstić information content (AvgIpc) is 3.17. The number of benzene rings is 1. The van der Waals surface area contributed by atoms with Crippen LogP contribution in [-0.4, -0.2) is 19.4 Å². The van der Waals surface area contributed by atoms with E-state index in [0.29, 0.717) is 13.1 Å². The molecule has 0 aliphatic rings. The standard InChI is InChI=1S/C19H18N6/c20-11-16-17(15-6-2-1-3-7-15)24-18(19-22-9-10-25(16)19)23-13-14-5-4-8-21-12-14/h1-10,12H,11,13,20H2,(H,23,24). The van der Waals surface area contributed by atoms with Crippen LogP contribution in [0, 0.1) is 0 Å². The summed E-state index contributed by atoms with van der Waals surface area (Å²) in [6, 6.07) is 14.0. The van der Waals surface area contributed by atoms with E-state index < -0.39 is 0 Å². The maximum Gasteiger partial charge on any atom is 0.180 e. The molecule has 0 fully saturated rings. The van der Waals surface area contributed by atoms with Gasteiger partial charge >= 0.3 is 0 Å². The molecule has 4 aromatic rings. The summed E-state index contributed by atoms with van der Waals surface area (Å²) in [6.07, 6.45) is 7.28. The van der Waals surface area contributed by atoms with Crippen LogP contribution in [0.15, 0.2) is 67.3 Å². The van der Waals surface area contributed by atoms with Crippen molar-refractivity contribution in [3.05, 3.63) is 78.5 Å². The van der Waals surface area contributed by atoms with Gasteiger partial charge in [-0.3, -0.25) is 9.38 Å². The minimum Gasteiger partial charge on any atom is -0.363 e. The van der Waals surface area contributed by atoms with Crippen LogP contribution in [0.4, 0.5) is 5.82 Å². The Hall–Kier alpha value is -3.25. The van der Waals surface area contributed by atoms with Crippen molar-refractivity contribution in [1.29, 1.82) is 0 Å². The van der Waals surface area contributed by atoms with Crippen molar-refractivity contribution in [3.8, 4) is 11.3 Å². The second-order valence-electron chi connectivity index (χ2n) is 5.66. The number of pyridine rings is 1. The maximum atomic E-state index is 6.01. The fourth-order valence-electron chi connectivity index (χ4n) is 2.87. The Kier molecular flexibility index (Phi) is 4.10. The van der Waals surface area contributed by atoms with Gasteiger partial charge in [-0.25, -0.2) is 9.97 Å². The molecule has 3 N–H and O–H groups in total. The average molecular weight is 330 g/mol. The first-order valence-electron chi connectivity index (χ1n) is 8.11. The number of nitrogens with two attached hydrogens (primary N) is 1. The molecule has 6 nitrogen and oxygen atoms in total. The van der Waals surface area contributed by atoms with Crippen LogP contribution in [0.1, 0.15) is 11.3 Å². The van der Waals surface area contributed by atoms with Gasteiger partial charge in [0, 0.05) is 43.4 Å². The zero-order valence-corrected chi connectivity index (χ0v) is 13.6. The third-order valence-corrected chi connectivity index (χ3v) is 4.06. The Morgan fingerprint density at radius 1 is 1.04 bits per heavy atom. The molecule has 0 spiro atoms. The van der Waals surface area contributed by atoms with Gasteiger partial charge in [-0.2, -0.15) is 0 Å². The highest BCUT2D eigenvalue weighted by molar-refractivity contribution is 5.71. The summed E-state index contributed by atoms with van der Waals surface area (Å²) in [7, 11) is 0. The number of rotatable bonds is 5. The summed E-state index contributed by atoms with van der Waals surface area (Å²) in [4.78, 5) is 13.4. The molecule has 4 rings (SSSR count). The SMILES string of the molecule is NCc1c(-c2ccccc2)nc(NCc2cccnc2)c2nccn12. The van der Waals surface area contributed by atoms with Crippen LogP contribution in [0.2, 0.25) is 0 Å². The second-order valence-corrected chi connectivity index (χ2v) is 5.66. The third kappa shape index (κ3) is 2.95. The van der Waals surface area contributed by atoms with E-state index in [1.165, 1.54) is 0 Å². The molecule has 0 unspecified atom stereocenters. The third-order valence-electron chi connectivity index (χ3n) is 4.06. The summed E-state index contributed by atoms with van der Waals surface area (Å²) >= 11 is 0. The molecular weight excluding hydrogens is 312 g/mol. The van der Waals surface area contributed by atoms with Gasteiger partial charge in [-0.1, -0.05) is 36.4 Å². The lowest BCUT2D eigenvalue weighted by molar-refractivity contribution is 0.926. The quantitative estimate of drug-likeness (QED) is 0.588. The predicted molar refractivity (Wildman–Crippen MR) is 97.9 cm³/mol. The van der Waals surface area contributed by atoms with Crippen LogP contribution < -0.4 is 11.1 Å². The molecular formula is C19H18N6. The van der Waals surface area contributed by atoms with Gasteiger partial charge in [-0.15, -0.1) is 0 Å². The number of hydrogen-bond acceptors (Lipinski definition) is 5. The van der Waals surface area contributed by atoms with Crippen molar-refractivity contribution in [1.82, 2.24) is 19.4 Å². The van der Waals surface area contributed by atoms with Crippen molar-refractivity contribution in [2.45, 2.75) is 13.1 Å². The van der Waals surface area contributed by atoms with E-state index in [2.05, 4.69) is 15.3 Å². The number of nitrogens with one attached hydrogen (secondary N) is 1. The molecule has 0 saturated carbocycles. The predicted octanol–water partition coefficient (Wildman–Crippen LogP) is 2.86. The van der Waals surface area contributed by atoms with Gasteiger partial charge in [0.1, 0.15) is 0 Å². The second kappa shape index (κ2) is 6.70. The zero-order valence-electron chi connectivity index (χ0n) is 13.6. The van der Waals surface area contributed by atoms with Crippen molar-refractivity contribution in [2.75, 3.05) is 5.32 Å². The van der Waals surface area contributed by atoms with Gasteiger partial charge in [-0.05, 0) is 11.6 Å². The summed E-state index contributed by atoms with van der Waals surface area (Å²) in [5.41, 5.74) is 10.7. The number of anilines is 1. The number of hydrogen-bond donors (Lipinski definition) is 2. The van der Waals surface area contributed by atoms with Crippen LogP contribution >= 0.6 is 0 Å². The first kappa shape index (κ1) is 15.3.